The maximum atomic E-state index is 11.2. The molecule has 0 aromatic heterocycles. The molecule has 0 spiro atoms. The van der Waals surface area contributed by atoms with Crippen molar-refractivity contribution >= 4 is 67.3 Å². The zero-order chi connectivity index (χ0) is 26.3. The molecular formula is C26H27NO6S4. The summed E-state index contributed by atoms with van der Waals surface area (Å²) < 4.78 is 58.8. The highest BCUT2D eigenvalue weighted by Gasteiger charge is 2.29. The quantitative estimate of drug-likeness (QED) is 0.122. The first-order valence-corrected chi connectivity index (χ1v) is 16.3. The Hall–Kier alpha value is -2.28. The van der Waals surface area contributed by atoms with Crippen LogP contribution in [0.15, 0.2) is 83.1 Å². The molecule has 1 aliphatic heterocycles. The van der Waals surface area contributed by atoms with Crippen molar-refractivity contribution in [2.45, 2.75) is 12.8 Å². The smallest absolute Gasteiger partial charge is 0.264 e. The van der Waals surface area contributed by atoms with E-state index in [1.807, 2.05) is 42.5 Å². The topological polar surface area (TPSA) is 101 Å². The van der Waals surface area contributed by atoms with Gasteiger partial charge >= 0.3 is 0 Å². The minimum atomic E-state index is -4.03. The molecule has 1 N–H and O–H groups in total. The summed E-state index contributed by atoms with van der Waals surface area (Å²) in [5.41, 5.74) is 6.26. The normalized spacial score (nSPS) is 12.9. The van der Waals surface area contributed by atoms with Gasteiger partial charge < -0.3 is 4.90 Å². The number of fused-ring (bicyclic) bond motifs is 2. The first kappa shape index (κ1) is 27.7. The molecule has 37 heavy (non-hydrogen) atoms. The van der Waals surface area contributed by atoms with Gasteiger partial charge in [0.25, 0.3) is 21.1 Å². The van der Waals surface area contributed by atoms with Gasteiger partial charge in [-0.25, -0.2) is 8.42 Å². The summed E-state index contributed by atoms with van der Waals surface area (Å²) >= 11 is 3.14. The van der Waals surface area contributed by atoms with E-state index in [1.54, 1.807) is 23.5 Å². The second kappa shape index (κ2) is 13.0. The van der Waals surface area contributed by atoms with Crippen LogP contribution in [0.3, 0.4) is 0 Å². The Balaban J connectivity index is 1.76. The zero-order valence-electron chi connectivity index (χ0n) is 19.9. The van der Waals surface area contributed by atoms with Gasteiger partial charge in [0.15, 0.2) is 0 Å². The molecule has 11 heteroatoms. The summed E-state index contributed by atoms with van der Waals surface area (Å²) in [6, 6.07) is 26.5. The van der Waals surface area contributed by atoms with Gasteiger partial charge in [-0.05, 0) is 42.9 Å². The van der Waals surface area contributed by atoms with Crippen molar-refractivity contribution in [1.29, 1.82) is 0 Å². The van der Waals surface area contributed by atoms with Crippen LogP contribution in [0, 0.1) is 0 Å². The van der Waals surface area contributed by atoms with Crippen molar-refractivity contribution in [2.75, 3.05) is 28.8 Å². The lowest BCUT2D eigenvalue weighted by molar-refractivity contribution is 0.334. The van der Waals surface area contributed by atoms with Crippen molar-refractivity contribution in [3.8, 4) is 0 Å². The van der Waals surface area contributed by atoms with Crippen LogP contribution in [0.25, 0.3) is 5.57 Å². The van der Waals surface area contributed by atoms with Crippen LogP contribution in [-0.2, 0) is 25.3 Å². The largest absolute Gasteiger partial charge is 0.309 e. The van der Waals surface area contributed by atoms with Crippen LogP contribution in [-0.4, -0.2) is 45.3 Å². The molecule has 1 heterocycles. The van der Waals surface area contributed by atoms with E-state index < -0.39 is 21.1 Å². The number of para-hydroxylation sites is 3. The minimum absolute atomic E-state index is 0.108. The Labute approximate surface area is 227 Å². The molecular weight excluding hydrogens is 551 g/mol. The van der Waals surface area contributed by atoms with Gasteiger partial charge in [-0.1, -0.05) is 54.6 Å². The van der Waals surface area contributed by atoms with E-state index >= 15 is 0 Å². The van der Waals surface area contributed by atoms with Crippen molar-refractivity contribution in [3.63, 3.8) is 0 Å². The monoisotopic (exact) mass is 577 g/mol. The Morgan fingerprint density at radius 1 is 0.811 bits per heavy atom. The lowest BCUT2D eigenvalue weighted by atomic mass is 9.91. The van der Waals surface area contributed by atoms with Crippen LogP contribution < -0.4 is 4.90 Å². The molecule has 0 amide bonds. The number of hydrogen-bond donors (Lipinski definition) is 2. The van der Waals surface area contributed by atoms with Crippen molar-refractivity contribution < 1.29 is 25.6 Å². The summed E-state index contributed by atoms with van der Waals surface area (Å²) in [6.45, 7) is 0.108. The fraction of sp³-hybridized carbons (Fsp3) is 0.231. The lowest BCUT2D eigenvalue weighted by Crippen LogP contribution is -2.18. The molecule has 3 aromatic rings. The van der Waals surface area contributed by atoms with Gasteiger partial charge in [0.05, 0.1) is 23.7 Å². The van der Waals surface area contributed by atoms with Crippen molar-refractivity contribution in [1.82, 2.24) is 0 Å². The maximum absolute atomic E-state index is 11.2. The van der Waals surface area contributed by atoms with Crippen molar-refractivity contribution in [3.05, 3.63) is 94.2 Å². The van der Waals surface area contributed by atoms with E-state index in [1.165, 1.54) is 0 Å². The van der Waals surface area contributed by atoms with Gasteiger partial charge in [-0.3, -0.25) is 8.74 Å². The second-order valence-corrected chi connectivity index (χ2v) is 12.9. The summed E-state index contributed by atoms with van der Waals surface area (Å²) in [4.78, 5) is 2.23. The molecule has 7 nitrogen and oxygen atoms in total. The molecule has 196 valence electrons. The first-order valence-electron chi connectivity index (χ1n) is 11.6. The summed E-state index contributed by atoms with van der Waals surface area (Å²) in [5, 5.41) is 0. The fourth-order valence-electron chi connectivity index (χ4n) is 4.07. The van der Waals surface area contributed by atoms with Gasteiger partial charge in [0.1, 0.15) is 0 Å². The van der Waals surface area contributed by atoms with E-state index in [2.05, 4.69) is 41.3 Å². The maximum Gasteiger partial charge on any atom is 0.264 e. The van der Waals surface area contributed by atoms with Crippen LogP contribution in [0.4, 0.5) is 17.1 Å². The molecule has 0 aliphatic carbocycles. The third kappa shape index (κ3) is 7.40. The van der Waals surface area contributed by atoms with E-state index in [9.17, 15) is 16.8 Å². The average Bonchev–Trinajstić information content (AvgIpc) is 2.88. The Morgan fingerprint density at radius 3 is 1.92 bits per heavy atom. The van der Waals surface area contributed by atoms with E-state index in [0.717, 1.165) is 38.0 Å². The summed E-state index contributed by atoms with van der Waals surface area (Å²) in [7, 11) is -6.91. The third-order valence-corrected chi connectivity index (χ3v) is 9.37. The summed E-state index contributed by atoms with van der Waals surface area (Å²) in [6.07, 6.45) is 0.843. The Bertz CT molecular complexity index is 1380. The highest BCUT2D eigenvalue weighted by atomic mass is 32.2. The van der Waals surface area contributed by atoms with E-state index in [4.69, 9.17) is 8.74 Å². The number of thioether (sulfide) groups is 2. The molecule has 0 atom stereocenters. The molecule has 0 bridgehead atoms. The second-order valence-electron chi connectivity index (χ2n) is 8.11. The SMILES string of the molecule is O=[SH](=O)OCCCSC(SCCCS(=O)(=O)O)=C1c2ccccc2N(c2ccccc2)c2ccccc21. The standard InChI is InChI=1S/C26H27NO6S4/c28-36(29)33-16-8-17-34-26(35-18-9-19-37(30,31)32)25-21-12-4-6-14-23(21)27(20-10-2-1-3-11-20)24-15-7-5-13-22(24)25/h1-7,10-15,36H,8-9,16-19H2,(H,30,31,32). The van der Waals surface area contributed by atoms with Gasteiger partial charge in [0.2, 0.25) is 0 Å². The predicted molar refractivity (Wildman–Crippen MR) is 154 cm³/mol. The van der Waals surface area contributed by atoms with Gasteiger partial charge in [0, 0.05) is 32.4 Å². The number of anilines is 3. The average molecular weight is 578 g/mol. The minimum Gasteiger partial charge on any atom is -0.309 e. The Morgan fingerprint density at radius 2 is 1.35 bits per heavy atom. The van der Waals surface area contributed by atoms with Crippen LogP contribution >= 0.6 is 23.5 Å². The molecule has 4 rings (SSSR count). The van der Waals surface area contributed by atoms with Crippen molar-refractivity contribution in [2.24, 2.45) is 0 Å². The number of thiol groups is 1. The lowest BCUT2D eigenvalue weighted by Gasteiger charge is -2.35. The first-order chi connectivity index (χ1) is 17.8. The molecule has 0 radical (unpaired) electrons. The molecule has 1 aliphatic rings. The zero-order valence-corrected chi connectivity index (χ0v) is 23.2. The van der Waals surface area contributed by atoms with E-state index in [-0.39, 0.29) is 12.4 Å². The highest BCUT2D eigenvalue weighted by Crippen LogP contribution is 2.52. The van der Waals surface area contributed by atoms with Gasteiger partial charge in [-0.2, -0.15) is 8.42 Å². The van der Waals surface area contributed by atoms with Crippen LogP contribution in [0.1, 0.15) is 24.0 Å². The fourth-order valence-corrected chi connectivity index (χ4v) is 7.52. The van der Waals surface area contributed by atoms with Crippen LogP contribution in [0.2, 0.25) is 0 Å². The molecule has 0 saturated carbocycles. The van der Waals surface area contributed by atoms with E-state index in [0.29, 0.717) is 24.3 Å². The molecule has 0 fully saturated rings. The molecule has 3 aromatic carbocycles. The third-order valence-electron chi connectivity index (χ3n) is 5.55. The number of nitrogens with zero attached hydrogens (tertiary/aromatic N) is 1. The number of rotatable bonds is 12. The summed E-state index contributed by atoms with van der Waals surface area (Å²) in [5.74, 6) is 0.827. The van der Waals surface area contributed by atoms with Gasteiger partial charge in [-0.15, -0.1) is 23.5 Å². The predicted octanol–water partition coefficient (Wildman–Crippen LogP) is 5.86. The molecule has 0 saturated heterocycles. The number of hydrogen-bond acceptors (Lipinski definition) is 8. The molecule has 0 unspecified atom stereocenters. The Kier molecular flexibility index (Phi) is 9.74. The highest BCUT2D eigenvalue weighted by molar-refractivity contribution is 8.22. The number of benzene rings is 3. The van der Waals surface area contributed by atoms with Crippen LogP contribution in [0.5, 0.6) is 0 Å².